The molecule has 0 aliphatic heterocycles. The second kappa shape index (κ2) is 4.47. The highest BCUT2D eigenvalue weighted by Crippen LogP contribution is 2.28. The Hall–Kier alpha value is -2.31. The zero-order valence-electron chi connectivity index (χ0n) is 8.01. The maximum atomic E-state index is 9.00. The van der Waals surface area contributed by atoms with Gasteiger partial charge in [0, 0.05) is 4.90 Å². The molecule has 0 radical (unpaired) electrons. The highest BCUT2D eigenvalue weighted by atomic mass is 32.2. The van der Waals surface area contributed by atoms with E-state index in [1.54, 1.807) is 18.2 Å². The summed E-state index contributed by atoms with van der Waals surface area (Å²) in [6.45, 7) is 0. The standard InChI is InChI=1S/C10H5N5S/c11-4-7-2-1-3-9(8(7)5-12)16-10-13-6-14-15-10/h1-3,6H,(H,13,14,15). The Morgan fingerprint density at radius 2 is 2.12 bits per heavy atom. The van der Waals surface area contributed by atoms with Crippen molar-refractivity contribution >= 4 is 11.8 Å². The lowest BCUT2D eigenvalue weighted by Crippen LogP contribution is -1.87. The maximum Gasteiger partial charge on any atom is 0.213 e. The summed E-state index contributed by atoms with van der Waals surface area (Å²) in [6.07, 6.45) is 1.46. The second-order valence-electron chi connectivity index (χ2n) is 2.79. The molecule has 0 amide bonds. The molecule has 0 unspecified atom stereocenters. The predicted octanol–water partition coefficient (Wildman–Crippen LogP) is 1.70. The molecule has 1 aromatic carbocycles. The maximum absolute atomic E-state index is 9.00. The summed E-state index contributed by atoms with van der Waals surface area (Å²) in [5.41, 5.74) is 0.725. The third kappa shape index (κ3) is 1.88. The van der Waals surface area contributed by atoms with E-state index in [9.17, 15) is 0 Å². The van der Waals surface area contributed by atoms with E-state index in [1.165, 1.54) is 18.1 Å². The summed E-state index contributed by atoms with van der Waals surface area (Å²) < 4.78 is 0. The van der Waals surface area contributed by atoms with Gasteiger partial charge in [0.05, 0.1) is 11.1 Å². The number of nitrogens with zero attached hydrogens (tertiary/aromatic N) is 4. The average molecular weight is 227 g/mol. The van der Waals surface area contributed by atoms with Gasteiger partial charge in [-0.2, -0.15) is 10.5 Å². The molecule has 1 N–H and O–H groups in total. The number of hydrogen-bond acceptors (Lipinski definition) is 5. The molecule has 0 saturated heterocycles. The van der Waals surface area contributed by atoms with Crippen LogP contribution < -0.4 is 0 Å². The van der Waals surface area contributed by atoms with Crippen LogP contribution in [0.15, 0.2) is 34.6 Å². The molecule has 0 aliphatic carbocycles. The lowest BCUT2D eigenvalue weighted by Gasteiger charge is -2.01. The first-order chi connectivity index (χ1) is 7.85. The molecule has 0 atom stereocenters. The van der Waals surface area contributed by atoms with Crippen LogP contribution in [0, 0.1) is 22.7 Å². The van der Waals surface area contributed by atoms with Crippen molar-refractivity contribution in [1.29, 1.82) is 10.5 Å². The zero-order chi connectivity index (χ0) is 11.4. The van der Waals surface area contributed by atoms with Crippen molar-refractivity contribution in [1.82, 2.24) is 15.2 Å². The smallest absolute Gasteiger partial charge is 0.213 e. The quantitative estimate of drug-likeness (QED) is 0.843. The number of benzene rings is 1. The van der Waals surface area contributed by atoms with Gasteiger partial charge in [0.25, 0.3) is 0 Å². The fourth-order valence-corrected chi connectivity index (χ4v) is 1.97. The Morgan fingerprint density at radius 3 is 2.75 bits per heavy atom. The van der Waals surface area contributed by atoms with E-state index in [2.05, 4.69) is 15.2 Å². The lowest BCUT2D eigenvalue weighted by atomic mass is 10.1. The Kier molecular flexibility index (Phi) is 2.86. The first kappa shape index (κ1) is 10.2. The van der Waals surface area contributed by atoms with Crippen LogP contribution in [0.25, 0.3) is 0 Å². The van der Waals surface area contributed by atoms with Gasteiger partial charge in [0.1, 0.15) is 18.5 Å². The van der Waals surface area contributed by atoms with Crippen LogP contribution in [0.2, 0.25) is 0 Å². The van der Waals surface area contributed by atoms with Gasteiger partial charge in [-0.15, -0.1) is 5.10 Å². The zero-order valence-corrected chi connectivity index (χ0v) is 8.82. The minimum absolute atomic E-state index is 0.361. The van der Waals surface area contributed by atoms with E-state index < -0.39 is 0 Å². The minimum atomic E-state index is 0.361. The Morgan fingerprint density at radius 1 is 1.25 bits per heavy atom. The average Bonchev–Trinajstić information content (AvgIpc) is 2.81. The van der Waals surface area contributed by atoms with Crippen molar-refractivity contribution in [3.8, 4) is 12.1 Å². The van der Waals surface area contributed by atoms with Crippen LogP contribution in [0.1, 0.15) is 11.1 Å². The summed E-state index contributed by atoms with van der Waals surface area (Å²) in [5.74, 6) is 0. The third-order valence-electron chi connectivity index (χ3n) is 1.85. The molecule has 0 saturated carbocycles. The molecule has 2 aromatic rings. The van der Waals surface area contributed by atoms with Crippen molar-refractivity contribution in [3.63, 3.8) is 0 Å². The van der Waals surface area contributed by atoms with Crippen LogP contribution in [0.3, 0.4) is 0 Å². The molecule has 6 heteroatoms. The first-order valence-electron chi connectivity index (χ1n) is 4.32. The van der Waals surface area contributed by atoms with E-state index in [1.807, 2.05) is 12.1 Å². The number of hydrogen-bond donors (Lipinski definition) is 1. The third-order valence-corrected chi connectivity index (χ3v) is 2.79. The minimum Gasteiger partial charge on any atom is -0.265 e. The summed E-state index contributed by atoms with van der Waals surface area (Å²) in [6, 6.07) is 9.11. The van der Waals surface area contributed by atoms with Gasteiger partial charge in [-0.05, 0) is 23.9 Å². The molecule has 76 valence electrons. The largest absolute Gasteiger partial charge is 0.265 e. The highest BCUT2D eigenvalue weighted by molar-refractivity contribution is 7.99. The number of rotatable bonds is 2. The van der Waals surface area contributed by atoms with Crippen molar-refractivity contribution in [2.24, 2.45) is 0 Å². The van der Waals surface area contributed by atoms with Gasteiger partial charge >= 0.3 is 0 Å². The van der Waals surface area contributed by atoms with E-state index in [0.29, 0.717) is 21.2 Å². The Bertz CT molecular complexity index is 576. The van der Waals surface area contributed by atoms with Crippen LogP contribution in [-0.2, 0) is 0 Å². The summed E-state index contributed by atoms with van der Waals surface area (Å²) >= 11 is 1.25. The lowest BCUT2D eigenvalue weighted by molar-refractivity contribution is 0.973. The van der Waals surface area contributed by atoms with Gasteiger partial charge in [-0.25, -0.2) is 4.98 Å². The van der Waals surface area contributed by atoms with Crippen LogP contribution >= 0.6 is 11.8 Å². The SMILES string of the molecule is N#Cc1cccc(Sc2nc[nH]n2)c1C#N. The van der Waals surface area contributed by atoms with E-state index in [0.717, 1.165) is 0 Å². The normalized spacial score (nSPS) is 9.38. The summed E-state index contributed by atoms with van der Waals surface area (Å²) in [5, 5.41) is 24.8. The van der Waals surface area contributed by atoms with Crippen molar-refractivity contribution in [3.05, 3.63) is 35.7 Å². The molecule has 0 spiro atoms. The van der Waals surface area contributed by atoms with E-state index >= 15 is 0 Å². The Balaban J connectivity index is 2.43. The molecule has 5 nitrogen and oxygen atoms in total. The molecule has 0 aliphatic rings. The number of aromatic amines is 1. The molecular weight excluding hydrogens is 222 g/mol. The van der Waals surface area contributed by atoms with Crippen LogP contribution in [0.5, 0.6) is 0 Å². The second-order valence-corrected chi connectivity index (χ2v) is 3.80. The number of H-pyrrole nitrogens is 1. The van der Waals surface area contributed by atoms with Crippen molar-refractivity contribution in [2.45, 2.75) is 10.1 Å². The van der Waals surface area contributed by atoms with Crippen LogP contribution in [-0.4, -0.2) is 15.2 Å². The van der Waals surface area contributed by atoms with Gasteiger partial charge in [-0.1, -0.05) is 6.07 Å². The number of aromatic nitrogens is 3. The topological polar surface area (TPSA) is 89.2 Å². The molecular formula is C10H5N5S. The molecule has 1 aromatic heterocycles. The fraction of sp³-hybridized carbons (Fsp3) is 0. The van der Waals surface area contributed by atoms with Gasteiger partial charge in [0.2, 0.25) is 5.16 Å². The van der Waals surface area contributed by atoms with Gasteiger partial charge in [0.15, 0.2) is 0 Å². The molecule has 16 heavy (non-hydrogen) atoms. The predicted molar refractivity (Wildman–Crippen MR) is 56.4 cm³/mol. The monoisotopic (exact) mass is 227 g/mol. The van der Waals surface area contributed by atoms with Crippen molar-refractivity contribution < 1.29 is 0 Å². The molecule has 0 bridgehead atoms. The van der Waals surface area contributed by atoms with Crippen molar-refractivity contribution in [2.75, 3.05) is 0 Å². The molecule has 1 heterocycles. The Labute approximate surface area is 95.7 Å². The highest BCUT2D eigenvalue weighted by Gasteiger charge is 2.10. The van der Waals surface area contributed by atoms with Crippen LogP contribution in [0.4, 0.5) is 0 Å². The molecule has 2 rings (SSSR count). The summed E-state index contributed by atoms with van der Waals surface area (Å²) in [7, 11) is 0. The first-order valence-corrected chi connectivity index (χ1v) is 5.13. The number of nitriles is 2. The fourth-order valence-electron chi connectivity index (χ4n) is 1.17. The van der Waals surface area contributed by atoms with Gasteiger partial charge in [-0.3, -0.25) is 5.10 Å². The van der Waals surface area contributed by atoms with E-state index in [-0.39, 0.29) is 0 Å². The molecule has 0 fully saturated rings. The summed E-state index contributed by atoms with van der Waals surface area (Å²) in [4.78, 5) is 4.63. The van der Waals surface area contributed by atoms with Gasteiger partial charge < -0.3 is 0 Å². The van der Waals surface area contributed by atoms with E-state index in [4.69, 9.17) is 10.5 Å². The number of nitrogens with one attached hydrogen (secondary N) is 1.